The maximum Gasteiger partial charge on any atom is 0.150 e. The molecule has 5 heteroatoms. The molecule has 0 amide bonds. The number of halogens is 1. The average Bonchev–Trinajstić information content (AvgIpc) is 2.91. The van der Waals surface area contributed by atoms with Gasteiger partial charge in [-0.05, 0) is 29.7 Å². The van der Waals surface area contributed by atoms with Crippen molar-refractivity contribution < 1.29 is 9.84 Å². The zero-order valence-corrected chi connectivity index (χ0v) is 13.1. The van der Waals surface area contributed by atoms with Gasteiger partial charge in [0, 0.05) is 17.4 Å². The number of hydrogen-bond acceptors (Lipinski definition) is 3. The Morgan fingerprint density at radius 2 is 2.00 bits per heavy atom. The van der Waals surface area contributed by atoms with Crippen LogP contribution in [0, 0.1) is 5.41 Å². The van der Waals surface area contributed by atoms with E-state index in [1.54, 1.807) is 53.8 Å². The fraction of sp³-hybridized carbons (Fsp3) is 0.312. The Morgan fingerprint density at radius 1 is 1.33 bits per heavy atom. The standard InChI is InChI=1S/C16H19ClN2O2/c1-16(2,3)15(20)14(10-19-9-8-18-11-19)21-13-6-4-12(17)5-7-13/h4-11,15,20H,1-3H3/b14-10-. The molecule has 0 aliphatic carbocycles. The summed E-state index contributed by atoms with van der Waals surface area (Å²) in [7, 11) is 0. The van der Waals surface area contributed by atoms with Crippen molar-refractivity contribution >= 4 is 17.8 Å². The van der Waals surface area contributed by atoms with Crippen molar-refractivity contribution in [1.82, 2.24) is 9.55 Å². The number of aliphatic hydroxyl groups excluding tert-OH is 1. The first-order chi connectivity index (χ1) is 9.86. The molecule has 2 rings (SSSR count). The van der Waals surface area contributed by atoms with Gasteiger partial charge in [0.2, 0.25) is 0 Å². The van der Waals surface area contributed by atoms with E-state index in [2.05, 4.69) is 4.98 Å². The van der Waals surface area contributed by atoms with Gasteiger partial charge in [-0.25, -0.2) is 4.98 Å². The molecule has 0 aliphatic rings. The molecule has 21 heavy (non-hydrogen) atoms. The maximum absolute atomic E-state index is 10.5. The molecule has 112 valence electrons. The number of aromatic nitrogens is 2. The molecular formula is C16H19ClN2O2. The molecule has 1 aromatic heterocycles. The van der Waals surface area contributed by atoms with Crippen LogP contribution in [0.2, 0.25) is 5.02 Å². The Morgan fingerprint density at radius 3 is 2.52 bits per heavy atom. The minimum atomic E-state index is -0.754. The van der Waals surface area contributed by atoms with Crippen LogP contribution in [0.5, 0.6) is 5.75 Å². The highest BCUT2D eigenvalue weighted by Gasteiger charge is 2.28. The SMILES string of the molecule is CC(C)(C)C(O)/C(=C/n1ccnc1)Oc1ccc(Cl)cc1. The number of ether oxygens (including phenoxy) is 1. The zero-order chi connectivity index (χ0) is 15.5. The van der Waals surface area contributed by atoms with Crippen molar-refractivity contribution in [3.63, 3.8) is 0 Å². The molecule has 0 fully saturated rings. The van der Waals surface area contributed by atoms with Gasteiger partial charge in [-0.15, -0.1) is 0 Å². The van der Waals surface area contributed by atoms with Gasteiger partial charge in [0.25, 0.3) is 0 Å². The Balaban J connectivity index is 2.30. The third-order valence-corrected chi connectivity index (χ3v) is 3.19. The van der Waals surface area contributed by atoms with E-state index in [4.69, 9.17) is 16.3 Å². The maximum atomic E-state index is 10.5. The summed E-state index contributed by atoms with van der Waals surface area (Å²) in [6.45, 7) is 5.85. The second kappa shape index (κ2) is 6.33. The Bertz CT molecular complexity index is 598. The van der Waals surface area contributed by atoms with E-state index in [9.17, 15) is 5.11 Å². The van der Waals surface area contributed by atoms with Gasteiger partial charge in [-0.2, -0.15) is 0 Å². The van der Waals surface area contributed by atoms with Gasteiger partial charge >= 0.3 is 0 Å². The van der Waals surface area contributed by atoms with E-state index >= 15 is 0 Å². The van der Waals surface area contributed by atoms with Crippen molar-refractivity contribution in [2.24, 2.45) is 5.41 Å². The third kappa shape index (κ3) is 4.34. The first-order valence-corrected chi connectivity index (χ1v) is 7.05. The number of imidazole rings is 1. The summed E-state index contributed by atoms with van der Waals surface area (Å²) in [6, 6.07) is 7.02. The van der Waals surface area contributed by atoms with E-state index in [0.717, 1.165) is 0 Å². The van der Waals surface area contributed by atoms with Crippen LogP contribution in [0.3, 0.4) is 0 Å². The summed E-state index contributed by atoms with van der Waals surface area (Å²) in [5, 5.41) is 11.1. The predicted octanol–water partition coefficient (Wildman–Crippen LogP) is 3.82. The third-order valence-electron chi connectivity index (χ3n) is 2.94. The highest BCUT2D eigenvalue weighted by molar-refractivity contribution is 6.30. The molecule has 1 aromatic carbocycles. The fourth-order valence-corrected chi connectivity index (χ4v) is 1.84. The van der Waals surface area contributed by atoms with Gasteiger partial charge in [0.15, 0.2) is 0 Å². The van der Waals surface area contributed by atoms with Gasteiger partial charge in [0.05, 0.1) is 12.5 Å². The highest BCUT2D eigenvalue weighted by atomic mass is 35.5. The number of aliphatic hydroxyl groups is 1. The molecule has 1 unspecified atom stereocenters. The molecule has 1 N–H and O–H groups in total. The molecule has 0 bridgehead atoms. The topological polar surface area (TPSA) is 47.3 Å². The van der Waals surface area contributed by atoms with Crippen molar-refractivity contribution in [1.29, 1.82) is 0 Å². The first-order valence-electron chi connectivity index (χ1n) is 6.67. The molecular weight excluding hydrogens is 288 g/mol. The van der Waals surface area contributed by atoms with Crippen molar-refractivity contribution in [2.45, 2.75) is 26.9 Å². The lowest BCUT2D eigenvalue weighted by molar-refractivity contribution is 0.0637. The van der Waals surface area contributed by atoms with Crippen LogP contribution in [0.4, 0.5) is 0 Å². The molecule has 0 aliphatic heterocycles. The van der Waals surface area contributed by atoms with Gasteiger partial charge in [-0.1, -0.05) is 32.4 Å². The molecule has 0 saturated carbocycles. The van der Waals surface area contributed by atoms with Gasteiger partial charge in [-0.3, -0.25) is 0 Å². The second-order valence-electron chi connectivity index (χ2n) is 5.87. The molecule has 2 aromatic rings. The summed E-state index contributed by atoms with van der Waals surface area (Å²) in [4.78, 5) is 3.98. The van der Waals surface area contributed by atoms with Crippen LogP contribution in [-0.2, 0) is 0 Å². The van der Waals surface area contributed by atoms with Crippen LogP contribution in [0.15, 0.2) is 48.7 Å². The van der Waals surface area contributed by atoms with Gasteiger partial charge < -0.3 is 14.4 Å². The molecule has 4 nitrogen and oxygen atoms in total. The molecule has 0 saturated heterocycles. The van der Waals surface area contributed by atoms with E-state index in [1.165, 1.54) is 0 Å². The summed E-state index contributed by atoms with van der Waals surface area (Å²) in [6.07, 6.45) is 6.05. The lowest BCUT2D eigenvalue weighted by Crippen LogP contribution is -2.30. The van der Waals surface area contributed by atoms with E-state index in [-0.39, 0.29) is 5.41 Å². The van der Waals surface area contributed by atoms with Crippen LogP contribution < -0.4 is 4.74 Å². The van der Waals surface area contributed by atoms with Crippen LogP contribution in [0.25, 0.3) is 6.20 Å². The Kier molecular flexibility index (Phi) is 4.70. The van der Waals surface area contributed by atoms with Crippen LogP contribution >= 0.6 is 11.6 Å². The summed E-state index contributed by atoms with van der Waals surface area (Å²) in [5.74, 6) is 1.07. The Labute approximate surface area is 129 Å². The lowest BCUT2D eigenvalue weighted by Gasteiger charge is -2.27. The molecule has 1 atom stereocenters. The smallest absolute Gasteiger partial charge is 0.150 e. The Hall–Kier alpha value is -1.78. The second-order valence-corrected chi connectivity index (χ2v) is 6.30. The molecule has 0 radical (unpaired) electrons. The van der Waals surface area contributed by atoms with Crippen molar-refractivity contribution in [3.8, 4) is 5.75 Å². The summed E-state index contributed by atoms with van der Waals surface area (Å²) in [5.41, 5.74) is -0.348. The van der Waals surface area contributed by atoms with Crippen molar-refractivity contribution in [3.05, 3.63) is 53.8 Å². The zero-order valence-electron chi connectivity index (χ0n) is 12.3. The fourth-order valence-electron chi connectivity index (χ4n) is 1.71. The quantitative estimate of drug-likeness (QED) is 0.874. The predicted molar refractivity (Wildman–Crippen MR) is 84.0 cm³/mol. The molecule has 0 spiro atoms. The summed E-state index contributed by atoms with van der Waals surface area (Å²) >= 11 is 5.87. The largest absolute Gasteiger partial charge is 0.457 e. The molecule has 1 heterocycles. The van der Waals surface area contributed by atoms with E-state index < -0.39 is 6.10 Å². The van der Waals surface area contributed by atoms with Gasteiger partial charge in [0.1, 0.15) is 17.6 Å². The van der Waals surface area contributed by atoms with Crippen LogP contribution in [0.1, 0.15) is 20.8 Å². The number of rotatable bonds is 4. The summed E-state index contributed by atoms with van der Waals surface area (Å²) < 4.78 is 7.57. The number of nitrogens with zero attached hydrogens (tertiary/aromatic N) is 2. The highest BCUT2D eigenvalue weighted by Crippen LogP contribution is 2.28. The normalized spacial score (nSPS) is 14.0. The minimum absolute atomic E-state index is 0.348. The average molecular weight is 307 g/mol. The van der Waals surface area contributed by atoms with E-state index in [1.807, 2.05) is 20.8 Å². The van der Waals surface area contributed by atoms with Crippen LogP contribution in [-0.4, -0.2) is 20.8 Å². The van der Waals surface area contributed by atoms with Crippen molar-refractivity contribution in [2.75, 3.05) is 0 Å². The minimum Gasteiger partial charge on any atom is -0.457 e. The van der Waals surface area contributed by atoms with E-state index in [0.29, 0.717) is 16.5 Å². The first kappa shape index (κ1) is 15.6. The number of benzene rings is 1. The monoisotopic (exact) mass is 306 g/mol. The number of hydrogen-bond donors (Lipinski definition) is 1. The lowest BCUT2D eigenvalue weighted by atomic mass is 9.88.